The van der Waals surface area contributed by atoms with Gasteiger partial charge in [-0.05, 0) is 174 Å². The molecule has 81 heavy (non-hydrogen) atoms. The molecule has 2 N–H and O–H groups in total. The maximum absolute atomic E-state index is 15.3. The number of benzene rings is 4. The van der Waals surface area contributed by atoms with E-state index < -0.39 is 30.4 Å². The van der Waals surface area contributed by atoms with Gasteiger partial charge in [0.2, 0.25) is 0 Å². The van der Waals surface area contributed by atoms with E-state index in [0.717, 1.165) is 51.4 Å². The SMILES string of the molecule is CCCCOc1c2cc(P(=O)(OCC)OCC)cc1Cc1cc(P(=O)(OCC)OCC)cc(c1OCCCC)Cc1cc(P(=O)(OCC)OCC)cc(c1OCCCC)Cc1cc(P(=O)(OCC)OCC)cc(c1OCCCC)C2.O. The van der Waals surface area contributed by atoms with Gasteiger partial charge in [0.15, 0.2) is 0 Å². The van der Waals surface area contributed by atoms with Crippen LogP contribution in [0.4, 0.5) is 0 Å². The molecule has 21 heteroatoms. The second-order valence-electron chi connectivity index (χ2n) is 19.2. The molecule has 8 bridgehead atoms. The number of rotatable bonds is 36. The highest BCUT2D eigenvalue weighted by Gasteiger charge is 2.36. The van der Waals surface area contributed by atoms with Crippen LogP contribution in [-0.2, 0) is 80.1 Å². The molecule has 0 atom stereocenters. The van der Waals surface area contributed by atoms with Crippen molar-refractivity contribution in [1.29, 1.82) is 0 Å². The Balaban J connectivity index is 0.0000141. The molecule has 0 saturated carbocycles. The fourth-order valence-corrected chi connectivity index (χ4v) is 16.3. The molecule has 0 spiro atoms. The van der Waals surface area contributed by atoms with Crippen LogP contribution in [0.2, 0.25) is 0 Å². The molecule has 0 radical (unpaired) electrons. The van der Waals surface area contributed by atoms with Crippen LogP contribution in [0.5, 0.6) is 23.0 Å². The summed E-state index contributed by atoms with van der Waals surface area (Å²) in [6.07, 6.45) is 6.71. The summed E-state index contributed by atoms with van der Waals surface area (Å²) in [6, 6.07) is 14.6. The van der Waals surface area contributed by atoms with E-state index in [0.29, 0.717) is 115 Å². The molecule has 0 heterocycles. The normalized spacial score (nSPS) is 13.0. The summed E-state index contributed by atoms with van der Waals surface area (Å²) in [4.78, 5) is 0. The van der Waals surface area contributed by atoms with Gasteiger partial charge in [0, 0.05) is 25.7 Å². The molecule has 0 unspecified atom stereocenters. The Kier molecular flexibility index (Phi) is 29.9. The summed E-state index contributed by atoms with van der Waals surface area (Å²) in [6.45, 7) is 24.7. The highest BCUT2D eigenvalue weighted by Crippen LogP contribution is 2.53. The predicted molar refractivity (Wildman–Crippen MR) is 324 cm³/mol. The summed E-state index contributed by atoms with van der Waals surface area (Å²) in [5.41, 5.74) is 4.95. The van der Waals surface area contributed by atoms with Crippen molar-refractivity contribution in [1.82, 2.24) is 0 Å². The number of hydrogen-bond acceptors (Lipinski definition) is 16. The van der Waals surface area contributed by atoms with Gasteiger partial charge in [0.1, 0.15) is 23.0 Å². The van der Waals surface area contributed by atoms with Crippen molar-refractivity contribution in [2.24, 2.45) is 0 Å². The lowest BCUT2D eigenvalue weighted by Gasteiger charge is -2.27. The molecule has 4 aromatic carbocycles. The second kappa shape index (κ2) is 34.6. The van der Waals surface area contributed by atoms with Crippen LogP contribution >= 0.6 is 30.4 Å². The lowest BCUT2D eigenvalue weighted by Crippen LogP contribution is -2.20. The fraction of sp³-hybridized carbons (Fsp3) is 0.600. The Morgan fingerprint density at radius 2 is 0.432 bits per heavy atom. The highest BCUT2D eigenvalue weighted by atomic mass is 31.2. The highest BCUT2D eigenvalue weighted by molar-refractivity contribution is 7.63. The molecular weight excluding hydrogens is 1120 g/mol. The third-order valence-corrected chi connectivity index (χ3v) is 21.4. The Morgan fingerprint density at radius 1 is 0.284 bits per heavy atom. The Hall–Kier alpha value is -3.36. The first kappa shape index (κ1) is 70.1. The zero-order chi connectivity index (χ0) is 58.4. The molecule has 456 valence electrons. The molecular formula is C60H94O17P4. The monoisotopic (exact) mass is 1210 g/mol. The molecule has 0 fully saturated rings. The van der Waals surface area contributed by atoms with E-state index in [4.69, 9.17) is 55.1 Å². The first-order chi connectivity index (χ1) is 38.6. The van der Waals surface area contributed by atoms with Crippen LogP contribution in [0.15, 0.2) is 48.5 Å². The van der Waals surface area contributed by atoms with Gasteiger partial charge < -0.3 is 60.6 Å². The summed E-state index contributed by atoms with van der Waals surface area (Å²) in [7, 11) is -16.1. The van der Waals surface area contributed by atoms with E-state index >= 15 is 18.3 Å². The molecule has 0 aromatic heterocycles. The minimum absolute atomic E-state index is 0. The average Bonchev–Trinajstić information content (AvgIpc) is 3.42. The van der Waals surface area contributed by atoms with Crippen LogP contribution in [0.3, 0.4) is 0 Å². The predicted octanol–water partition coefficient (Wildman–Crippen LogP) is 13.8. The van der Waals surface area contributed by atoms with Gasteiger partial charge in [-0.15, -0.1) is 0 Å². The minimum atomic E-state index is -4.01. The topological polar surface area (TPSA) is 211 Å². The largest absolute Gasteiger partial charge is 0.493 e. The van der Waals surface area contributed by atoms with Gasteiger partial charge in [0.05, 0.1) is 101 Å². The maximum Gasteiger partial charge on any atom is 0.361 e. The van der Waals surface area contributed by atoms with E-state index in [1.54, 1.807) is 55.4 Å². The number of fused-ring (bicyclic) bond motifs is 8. The summed E-state index contributed by atoms with van der Waals surface area (Å²) < 4.78 is 138. The number of unbranched alkanes of at least 4 members (excludes halogenated alkanes) is 4. The third kappa shape index (κ3) is 18.3. The summed E-state index contributed by atoms with van der Waals surface area (Å²) in [5, 5.41) is 1.21. The fourth-order valence-electron chi connectivity index (χ4n) is 9.57. The third-order valence-electron chi connectivity index (χ3n) is 13.1. The van der Waals surface area contributed by atoms with E-state index in [1.165, 1.54) is 0 Å². The molecule has 0 saturated heterocycles. The standard InChI is InChI=1S/C60H92O16P4.H2O/c1-13-25-29-65-57-45-33-47-39-54(78(62,71-19-7)72-20-8)41-49(58(47)66-30-26-14-2)35-51-43-56(80(64,75-23-11)76-24-12)44-52(60(51)68-32-28-16-4)36-50-42-55(79(63,73-21-9)74-22-10)40-48(59(50)67-31-27-15-3)34-46(57)38-53(37-45)77(61,69-17-5)70-18-6;/h37-44H,13-36H2,1-12H3;1H2. The smallest absolute Gasteiger partial charge is 0.361 e. The minimum Gasteiger partial charge on any atom is -0.493 e. The van der Waals surface area contributed by atoms with Crippen LogP contribution in [0.1, 0.15) is 179 Å². The molecule has 1 aliphatic rings. The molecule has 5 rings (SSSR count). The molecule has 0 aliphatic heterocycles. The summed E-state index contributed by atoms with van der Waals surface area (Å²) >= 11 is 0. The van der Waals surface area contributed by atoms with E-state index in [-0.39, 0.29) is 84.0 Å². The van der Waals surface area contributed by atoms with Crippen LogP contribution in [0, 0.1) is 0 Å². The van der Waals surface area contributed by atoms with Gasteiger partial charge in [-0.2, -0.15) is 0 Å². The van der Waals surface area contributed by atoms with E-state index in [9.17, 15) is 0 Å². The van der Waals surface area contributed by atoms with Crippen LogP contribution in [-0.4, -0.2) is 84.8 Å². The molecule has 1 aliphatic carbocycles. The van der Waals surface area contributed by atoms with Crippen molar-refractivity contribution in [3.63, 3.8) is 0 Å². The van der Waals surface area contributed by atoms with Crippen LogP contribution < -0.4 is 40.2 Å². The second-order valence-corrected chi connectivity index (χ2v) is 27.3. The lowest BCUT2D eigenvalue weighted by molar-refractivity contribution is 0.229. The zero-order valence-corrected chi connectivity index (χ0v) is 54.0. The summed E-state index contributed by atoms with van der Waals surface area (Å²) in [5.74, 6) is 2.08. The molecule has 0 amide bonds. The van der Waals surface area contributed by atoms with Crippen molar-refractivity contribution in [2.45, 2.75) is 160 Å². The Labute approximate surface area is 483 Å². The van der Waals surface area contributed by atoms with Gasteiger partial charge in [-0.3, -0.25) is 18.3 Å². The number of ether oxygens (including phenoxy) is 4. The van der Waals surface area contributed by atoms with Crippen molar-refractivity contribution < 1.29 is 78.9 Å². The van der Waals surface area contributed by atoms with Gasteiger partial charge in [-0.1, -0.05) is 53.4 Å². The van der Waals surface area contributed by atoms with Gasteiger partial charge in [0.25, 0.3) is 0 Å². The first-order valence-electron chi connectivity index (χ1n) is 29.3. The first-order valence-corrected chi connectivity index (χ1v) is 35.5. The quantitative estimate of drug-likeness (QED) is 0.0270. The van der Waals surface area contributed by atoms with Crippen LogP contribution in [0.25, 0.3) is 0 Å². The van der Waals surface area contributed by atoms with Crippen molar-refractivity contribution in [2.75, 3.05) is 79.3 Å². The van der Waals surface area contributed by atoms with Crippen molar-refractivity contribution in [3.05, 3.63) is 93.0 Å². The van der Waals surface area contributed by atoms with Gasteiger partial charge in [-0.25, -0.2) is 0 Å². The Morgan fingerprint density at radius 3 is 0.556 bits per heavy atom. The average molecular weight is 1210 g/mol. The zero-order valence-electron chi connectivity index (χ0n) is 50.4. The van der Waals surface area contributed by atoms with E-state index in [1.807, 2.05) is 48.5 Å². The number of hydrogen-bond donors (Lipinski definition) is 0. The molecule has 17 nitrogen and oxygen atoms in total. The van der Waals surface area contributed by atoms with Crippen molar-refractivity contribution in [3.8, 4) is 23.0 Å². The maximum atomic E-state index is 15.3. The van der Waals surface area contributed by atoms with Crippen molar-refractivity contribution >= 4 is 51.6 Å². The molecule has 4 aromatic rings. The lowest BCUT2D eigenvalue weighted by atomic mass is 9.91. The van der Waals surface area contributed by atoms with E-state index in [2.05, 4.69) is 27.7 Å². The Bertz CT molecular complexity index is 2290. The van der Waals surface area contributed by atoms with Gasteiger partial charge >= 0.3 is 30.4 Å².